The Kier molecular flexibility index (Phi) is 3.65. The summed E-state index contributed by atoms with van der Waals surface area (Å²) in [6.07, 6.45) is 0. The molecule has 0 aliphatic heterocycles. The van der Waals surface area contributed by atoms with Gasteiger partial charge >= 0.3 is 0 Å². The molecule has 0 saturated carbocycles. The SMILES string of the molecule is CCn1c(COc2ccc(F)cc2)cc2c(C)cccc21. The summed E-state index contributed by atoms with van der Waals surface area (Å²) in [4.78, 5) is 0. The fourth-order valence-electron chi connectivity index (χ4n) is 2.67. The molecule has 0 amide bonds. The number of nitrogens with zero attached hydrogens (tertiary/aromatic N) is 1. The monoisotopic (exact) mass is 283 g/mol. The van der Waals surface area contributed by atoms with Crippen LogP contribution < -0.4 is 4.74 Å². The van der Waals surface area contributed by atoms with Crippen LogP contribution in [0.4, 0.5) is 4.39 Å². The average Bonchev–Trinajstić information content (AvgIpc) is 2.86. The number of aryl methyl sites for hydroxylation is 2. The Hall–Kier alpha value is -2.29. The summed E-state index contributed by atoms with van der Waals surface area (Å²) < 4.78 is 20.9. The van der Waals surface area contributed by atoms with Gasteiger partial charge in [0.25, 0.3) is 0 Å². The minimum Gasteiger partial charge on any atom is -0.487 e. The summed E-state index contributed by atoms with van der Waals surface area (Å²) in [5.41, 5.74) is 3.63. The maximum atomic E-state index is 12.9. The van der Waals surface area contributed by atoms with Gasteiger partial charge in [0.15, 0.2) is 0 Å². The Labute approximate surface area is 123 Å². The highest BCUT2D eigenvalue weighted by atomic mass is 19.1. The van der Waals surface area contributed by atoms with Gasteiger partial charge < -0.3 is 9.30 Å². The summed E-state index contributed by atoms with van der Waals surface area (Å²) in [5.74, 6) is 0.432. The molecule has 3 aromatic rings. The highest BCUT2D eigenvalue weighted by Gasteiger charge is 2.09. The summed E-state index contributed by atoms with van der Waals surface area (Å²) in [7, 11) is 0. The van der Waals surface area contributed by atoms with Crippen LogP contribution in [0.5, 0.6) is 5.75 Å². The zero-order chi connectivity index (χ0) is 14.8. The van der Waals surface area contributed by atoms with Crippen molar-refractivity contribution in [3.05, 3.63) is 65.6 Å². The number of hydrogen-bond acceptors (Lipinski definition) is 1. The highest BCUT2D eigenvalue weighted by molar-refractivity contribution is 5.84. The van der Waals surface area contributed by atoms with E-state index in [4.69, 9.17) is 4.74 Å². The van der Waals surface area contributed by atoms with E-state index in [1.807, 2.05) is 0 Å². The van der Waals surface area contributed by atoms with Crippen LogP contribution in [0, 0.1) is 12.7 Å². The van der Waals surface area contributed by atoms with E-state index in [2.05, 4.69) is 42.7 Å². The van der Waals surface area contributed by atoms with Crippen molar-refractivity contribution < 1.29 is 9.13 Å². The minimum atomic E-state index is -0.249. The zero-order valence-electron chi connectivity index (χ0n) is 12.3. The van der Waals surface area contributed by atoms with Gasteiger partial charge in [-0.25, -0.2) is 4.39 Å². The summed E-state index contributed by atoms with van der Waals surface area (Å²) in [5, 5.41) is 1.26. The van der Waals surface area contributed by atoms with Crippen molar-refractivity contribution in [2.45, 2.75) is 27.0 Å². The first-order chi connectivity index (χ1) is 10.2. The minimum absolute atomic E-state index is 0.249. The number of aromatic nitrogens is 1. The van der Waals surface area contributed by atoms with E-state index >= 15 is 0 Å². The Morgan fingerprint density at radius 3 is 2.57 bits per heavy atom. The van der Waals surface area contributed by atoms with Crippen LogP contribution in [0.15, 0.2) is 48.5 Å². The molecule has 3 heteroatoms. The van der Waals surface area contributed by atoms with E-state index in [0.717, 1.165) is 12.2 Å². The van der Waals surface area contributed by atoms with Crippen molar-refractivity contribution in [2.75, 3.05) is 0 Å². The Morgan fingerprint density at radius 2 is 1.86 bits per heavy atom. The topological polar surface area (TPSA) is 14.2 Å². The lowest BCUT2D eigenvalue weighted by Crippen LogP contribution is -2.04. The molecule has 0 aliphatic rings. The van der Waals surface area contributed by atoms with Crippen LogP contribution >= 0.6 is 0 Å². The fraction of sp³-hybridized carbons (Fsp3) is 0.222. The molecule has 2 aromatic carbocycles. The van der Waals surface area contributed by atoms with Gasteiger partial charge in [-0.3, -0.25) is 0 Å². The summed E-state index contributed by atoms with van der Waals surface area (Å²) in [6, 6.07) is 14.6. The molecule has 1 aromatic heterocycles. The second kappa shape index (κ2) is 5.60. The largest absolute Gasteiger partial charge is 0.487 e. The number of halogens is 1. The first-order valence-electron chi connectivity index (χ1n) is 7.15. The molecular weight excluding hydrogens is 265 g/mol. The zero-order valence-corrected chi connectivity index (χ0v) is 12.3. The third-order valence-corrected chi connectivity index (χ3v) is 3.77. The molecule has 0 radical (unpaired) electrons. The van der Waals surface area contributed by atoms with Crippen LogP contribution in [0.3, 0.4) is 0 Å². The Bertz CT molecular complexity index is 759. The first kappa shape index (κ1) is 13.7. The molecule has 0 fully saturated rings. The van der Waals surface area contributed by atoms with Crippen molar-refractivity contribution in [3.63, 3.8) is 0 Å². The van der Waals surface area contributed by atoms with Gasteiger partial charge in [0.2, 0.25) is 0 Å². The predicted molar refractivity (Wildman–Crippen MR) is 83.1 cm³/mol. The number of rotatable bonds is 4. The Morgan fingerprint density at radius 1 is 1.10 bits per heavy atom. The molecule has 0 saturated heterocycles. The van der Waals surface area contributed by atoms with Crippen molar-refractivity contribution in [3.8, 4) is 5.75 Å². The third-order valence-electron chi connectivity index (χ3n) is 3.77. The van der Waals surface area contributed by atoms with Crippen LogP contribution in [-0.4, -0.2) is 4.57 Å². The first-order valence-corrected chi connectivity index (χ1v) is 7.15. The number of ether oxygens (including phenoxy) is 1. The molecule has 0 atom stereocenters. The molecule has 108 valence electrons. The molecule has 1 heterocycles. The smallest absolute Gasteiger partial charge is 0.128 e. The van der Waals surface area contributed by atoms with Crippen molar-refractivity contribution in [1.82, 2.24) is 4.57 Å². The fourth-order valence-corrected chi connectivity index (χ4v) is 2.67. The standard InChI is InChI=1S/C18H18FNO/c1-3-20-15(11-17-13(2)5-4-6-18(17)20)12-21-16-9-7-14(19)8-10-16/h4-11H,3,12H2,1-2H3. The molecule has 2 nitrogen and oxygen atoms in total. The van der Waals surface area contributed by atoms with Crippen molar-refractivity contribution in [1.29, 1.82) is 0 Å². The number of benzene rings is 2. The van der Waals surface area contributed by atoms with Crippen LogP contribution in [-0.2, 0) is 13.2 Å². The van der Waals surface area contributed by atoms with E-state index in [1.165, 1.54) is 28.6 Å². The number of fused-ring (bicyclic) bond motifs is 1. The number of hydrogen-bond donors (Lipinski definition) is 0. The molecule has 0 spiro atoms. The second-order valence-electron chi connectivity index (χ2n) is 5.13. The summed E-state index contributed by atoms with van der Waals surface area (Å²) in [6.45, 7) is 5.62. The molecule has 3 rings (SSSR count). The van der Waals surface area contributed by atoms with Gasteiger partial charge in [-0.05, 0) is 55.8 Å². The molecule has 0 bridgehead atoms. The van der Waals surface area contributed by atoms with E-state index in [0.29, 0.717) is 12.4 Å². The van der Waals surface area contributed by atoms with Gasteiger partial charge in [0, 0.05) is 17.4 Å². The highest BCUT2D eigenvalue weighted by Crippen LogP contribution is 2.24. The third kappa shape index (κ3) is 2.64. The molecule has 0 unspecified atom stereocenters. The van der Waals surface area contributed by atoms with E-state index in [-0.39, 0.29) is 5.82 Å². The van der Waals surface area contributed by atoms with E-state index in [9.17, 15) is 4.39 Å². The van der Waals surface area contributed by atoms with Crippen LogP contribution in [0.2, 0.25) is 0 Å². The second-order valence-corrected chi connectivity index (χ2v) is 5.13. The lowest BCUT2D eigenvalue weighted by molar-refractivity contribution is 0.295. The predicted octanol–water partition coefficient (Wildman–Crippen LogP) is 4.69. The normalized spacial score (nSPS) is 11.0. The van der Waals surface area contributed by atoms with E-state index < -0.39 is 0 Å². The average molecular weight is 283 g/mol. The lowest BCUT2D eigenvalue weighted by Gasteiger charge is -2.10. The quantitative estimate of drug-likeness (QED) is 0.677. The van der Waals surface area contributed by atoms with Gasteiger partial charge in [-0.1, -0.05) is 12.1 Å². The maximum Gasteiger partial charge on any atom is 0.128 e. The van der Waals surface area contributed by atoms with Crippen LogP contribution in [0.1, 0.15) is 18.2 Å². The van der Waals surface area contributed by atoms with Gasteiger partial charge in [0.1, 0.15) is 18.2 Å². The molecule has 21 heavy (non-hydrogen) atoms. The molecule has 0 N–H and O–H groups in total. The maximum absolute atomic E-state index is 12.9. The Balaban J connectivity index is 1.89. The molecule has 0 aliphatic carbocycles. The van der Waals surface area contributed by atoms with Gasteiger partial charge in [0.05, 0.1) is 5.69 Å². The van der Waals surface area contributed by atoms with Crippen LogP contribution in [0.25, 0.3) is 10.9 Å². The summed E-state index contributed by atoms with van der Waals surface area (Å²) >= 11 is 0. The van der Waals surface area contributed by atoms with Crippen molar-refractivity contribution in [2.24, 2.45) is 0 Å². The molecular formula is C18H18FNO. The van der Waals surface area contributed by atoms with Crippen molar-refractivity contribution >= 4 is 10.9 Å². The van der Waals surface area contributed by atoms with Gasteiger partial charge in [-0.2, -0.15) is 0 Å². The lowest BCUT2D eigenvalue weighted by atomic mass is 10.1. The van der Waals surface area contributed by atoms with Gasteiger partial charge in [-0.15, -0.1) is 0 Å². The van der Waals surface area contributed by atoms with E-state index in [1.54, 1.807) is 12.1 Å².